The van der Waals surface area contributed by atoms with Crippen molar-refractivity contribution in [1.82, 2.24) is 10.3 Å². The van der Waals surface area contributed by atoms with Gasteiger partial charge in [0.2, 0.25) is 0 Å². The van der Waals surface area contributed by atoms with E-state index in [1.807, 2.05) is 0 Å². The Morgan fingerprint density at radius 1 is 1.45 bits per heavy atom. The quantitative estimate of drug-likeness (QED) is 0.871. The van der Waals surface area contributed by atoms with Crippen LogP contribution in [0.25, 0.3) is 0 Å². The van der Waals surface area contributed by atoms with Gasteiger partial charge < -0.3 is 14.8 Å². The molecule has 0 bridgehead atoms. The van der Waals surface area contributed by atoms with Gasteiger partial charge in [0.1, 0.15) is 16.1 Å². The summed E-state index contributed by atoms with van der Waals surface area (Å²) in [5.41, 5.74) is 0.0805. The molecule has 0 radical (unpaired) electrons. The smallest absolute Gasteiger partial charge is 0.347 e. The van der Waals surface area contributed by atoms with Crippen LogP contribution in [0, 0.1) is 6.92 Å². The van der Waals surface area contributed by atoms with E-state index in [9.17, 15) is 14.4 Å². The Bertz CT molecular complexity index is 698. The zero-order valence-corrected chi connectivity index (χ0v) is 11.2. The van der Waals surface area contributed by atoms with E-state index in [0.29, 0.717) is 10.7 Å². The molecule has 0 atom stereocenters. The van der Waals surface area contributed by atoms with Crippen molar-refractivity contribution in [3.8, 4) is 0 Å². The van der Waals surface area contributed by atoms with Crippen molar-refractivity contribution < 1.29 is 19.1 Å². The van der Waals surface area contributed by atoms with Crippen LogP contribution in [0.15, 0.2) is 27.6 Å². The van der Waals surface area contributed by atoms with Gasteiger partial charge >= 0.3 is 11.6 Å². The monoisotopic (exact) mass is 294 g/mol. The van der Waals surface area contributed by atoms with Gasteiger partial charge in [-0.15, -0.1) is 11.3 Å². The first-order valence-electron chi connectivity index (χ1n) is 5.54. The van der Waals surface area contributed by atoms with E-state index in [2.05, 4.69) is 14.7 Å². The summed E-state index contributed by atoms with van der Waals surface area (Å²) in [6.07, 6.45) is 1.06. The van der Waals surface area contributed by atoms with E-state index >= 15 is 0 Å². The van der Waals surface area contributed by atoms with Crippen LogP contribution in [0.5, 0.6) is 0 Å². The second kappa shape index (κ2) is 5.66. The molecule has 0 aliphatic carbocycles. The zero-order chi connectivity index (χ0) is 14.7. The van der Waals surface area contributed by atoms with Crippen LogP contribution >= 0.6 is 11.3 Å². The molecule has 0 saturated carbocycles. The number of carbonyl (C=O) groups is 2. The highest BCUT2D eigenvalue weighted by atomic mass is 32.1. The number of rotatable bonds is 4. The summed E-state index contributed by atoms with van der Waals surface area (Å²) < 4.78 is 4.58. The van der Waals surface area contributed by atoms with Gasteiger partial charge in [-0.2, -0.15) is 0 Å². The minimum absolute atomic E-state index is 0.108. The third-order valence-corrected chi connectivity index (χ3v) is 3.54. The largest absolute Gasteiger partial charge is 0.477 e. The molecule has 2 aromatic heterocycles. The first-order valence-corrected chi connectivity index (χ1v) is 6.35. The van der Waals surface area contributed by atoms with Crippen LogP contribution in [0.2, 0.25) is 0 Å². The number of nitrogens with one attached hydrogen (secondary N) is 1. The summed E-state index contributed by atoms with van der Waals surface area (Å²) in [5, 5.41) is 12.0. The third kappa shape index (κ3) is 3.09. The Hall–Kier alpha value is -2.48. The molecule has 0 unspecified atom stereocenters. The number of hydrogen-bond donors (Lipinski definition) is 2. The summed E-state index contributed by atoms with van der Waals surface area (Å²) >= 11 is 1.01. The molecule has 2 aromatic rings. The minimum Gasteiger partial charge on any atom is -0.477 e. The Morgan fingerprint density at radius 3 is 2.75 bits per heavy atom. The molecule has 7 nitrogen and oxygen atoms in total. The van der Waals surface area contributed by atoms with Gasteiger partial charge in [-0.25, -0.2) is 14.6 Å². The molecule has 0 aliphatic rings. The predicted octanol–water partition coefficient (Wildman–Crippen LogP) is 1.03. The average molecular weight is 294 g/mol. The van der Waals surface area contributed by atoms with Crippen molar-refractivity contribution in [2.24, 2.45) is 0 Å². The van der Waals surface area contributed by atoms with Crippen molar-refractivity contribution >= 4 is 23.2 Å². The van der Waals surface area contributed by atoms with E-state index in [4.69, 9.17) is 5.11 Å². The van der Waals surface area contributed by atoms with Crippen LogP contribution in [0.1, 0.15) is 30.7 Å². The first-order chi connectivity index (χ1) is 9.47. The van der Waals surface area contributed by atoms with Crippen molar-refractivity contribution in [2.75, 3.05) is 0 Å². The first kappa shape index (κ1) is 13.9. The van der Waals surface area contributed by atoms with E-state index in [1.165, 1.54) is 6.07 Å². The van der Waals surface area contributed by atoms with Crippen LogP contribution in [-0.2, 0) is 6.54 Å². The van der Waals surface area contributed by atoms with E-state index in [-0.39, 0.29) is 17.0 Å². The number of aryl methyl sites for hydroxylation is 1. The number of carbonyl (C=O) groups excluding carboxylic acids is 1. The molecule has 20 heavy (non-hydrogen) atoms. The lowest BCUT2D eigenvalue weighted by atomic mass is 10.3. The molecule has 8 heteroatoms. The van der Waals surface area contributed by atoms with Gasteiger partial charge in [0, 0.05) is 6.07 Å². The van der Waals surface area contributed by atoms with E-state index < -0.39 is 17.5 Å². The molecule has 0 fully saturated rings. The molecule has 104 valence electrons. The van der Waals surface area contributed by atoms with Crippen molar-refractivity contribution in [3.05, 3.63) is 50.0 Å². The topological polar surface area (TPSA) is 110 Å². The number of amides is 1. The molecule has 0 saturated heterocycles. The molecule has 2 rings (SSSR count). The third-order valence-electron chi connectivity index (χ3n) is 2.40. The Labute approximate surface area is 116 Å². The lowest BCUT2D eigenvalue weighted by Gasteiger charge is -2.01. The fourth-order valence-corrected chi connectivity index (χ4v) is 2.31. The zero-order valence-electron chi connectivity index (χ0n) is 10.4. The average Bonchev–Trinajstić information content (AvgIpc) is 2.78. The maximum atomic E-state index is 11.7. The highest BCUT2D eigenvalue weighted by molar-refractivity contribution is 7.13. The highest BCUT2D eigenvalue weighted by Crippen LogP contribution is 2.17. The molecule has 0 aromatic carbocycles. The summed E-state index contributed by atoms with van der Waals surface area (Å²) in [6.45, 7) is 1.70. The number of aromatic carboxylic acids is 1. The summed E-state index contributed by atoms with van der Waals surface area (Å²) in [5.74, 6) is -1.47. The van der Waals surface area contributed by atoms with Gasteiger partial charge in [0.15, 0.2) is 0 Å². The Morgan fingerprint density at radius 2 is 2.20 bits per heavy atom. The Kier molecular flexibility index (Phi) is 3.94. The molecule has 0 spiro atoms. The molecule has 0 aliphatic heterocycles. The highest BCUT2D eigenvalue weighted by Gasteiger charge is 2.14. The number of carboxylic acid groups (broad SMARTS) is 1. The van der Waals surface area contributed by atoms with Crippen molar-refractivity contribution in [1.29, 1.82) is 0 Å². The van der Waals surface area contributed by atoms with Crippen molar-refractivity contribution in [2.45, 2.75) is 13.5 Å². The van der Waals surface area contributed by atoms with Gasteiger partial charge in [0.05, 0.1) is 17.8 Å². The predicted molar refractivity (Wildman–Crippen MR) is 70.0 cm³/mol. The standard InChI is InChI=1S/C12H10N2O5S/c1-6-10(12(17)18)20-8(14-6)4-13-11(16)7-2-3-9(15)19-5-7/h2-3,5H,4H2,1H3,(H,13,16)(H,17,18). The van der Waals surface area contributed by atoms with Gasteiger partial charge in [0.25, 0.3) is 5.91 Å². The number of aromatic nitrogens is 1. The van der Waals surface area contributed by atoms with Gasteiger partial charge in [-0.1, -0.05) is 0 Å². The summed E-state index contributed by atoms with van der Waals surface area (Å²) in [4.78, 5) is 37.6. The second-order valence-corrected chi connectivity index (χ2v) is 4.94. The number of thiazole rings is 1. The maximum absolute atomic E-state index is 11.7. The lowest BCUT2D eigenvalue weighted by molar-refractivity contribution is 0.0701. The van der Waals surface area contributed by atoms with Crippen LogP contribution in [0.4, 0.5) is 0 Å². The summed E-state index contributed by atoms with van der Waals surface area (Å²) in [6, 6.07) is 2.49. The number of carboxylic acids is 1. The Balaban J connectivity index is 2.03. The molecular formula is C12H10N2O5S. The van der Waals surface area contributed by atoms with E-state index in [0.717, 1.165) is 23.7 Å². The van der Waals surface area contributed by atoms with Crippen LogP contribution in [-0.4, -0.2) is 22.0 Å². The van der Waals surface area contributed by atoms with E-state index in [1.54, 1.807) is 6.92 Å². The molecule has 2 heterocycles. The van der Waals surface area contributed by atoms with Crippen molar-refractivity contribution in [3.63, 3.8) is 0 Å². The fraction of sp³-hybridized carbons (Fsp3) is 0.167. The summed E-state index contributed by atoms with van der Waals surface area (Å²) in [7, 11) is 0. The minimum atomic E-state index is -1.04. The number of nitrogens with zero attached hydrogens (tertiary/aromatic N) is 1. The second-order valence-electron chi connectivity index (χ2n) is 3.85. The fourth-order valence-electron chi connectivity index (χ4n) is 1.47. The molecule has 1 amide bonds. The van der Waals surface area contributed by atoms with Gasteiger partial charge in [-0.05, 0) is 13.0 Å². The SMILES string of the molecule is Cc1nc(CNC(=O)c2ccc(=O)oc2)sc1C(=O)O. The van der Waals surface area contributed by atoms with Gasteiger partial charge in [-0.3, -0.25) is 4.79 Å². The molecular weight excluding hydrogens is 284 g/mol. The normalized spacial score (nSPS) is 10.2. The number of hydrogen-bond acceptors (Lipinski definition) is 6. The molecule has 2 N–H and O–H groups in total. The van der Waals surface area contributed by atoms with Crippen LogP contribution in [0.3, 0.4) is 0 Å². The maximum Gasteiger partial charge on any atom is 0.347 e. The van der Waals surface area contributed by atoms with Crippen LogP contribution < -0.4 is 10.9 Å². The lowest BCUT2D eigenvalue weighted by Crippen LogP contribution is -2.23.